The van der Waals surface area contributed by atoms with Gasteiger partial charge in [-0.15, -0.1) is 5.10 Å². The van der Waals surface area contributed by atoms with E-state index in [2.05, 4.69) is 14.5 Å². The predicted octanol–water partition coefficient (Wildman–Crippen LogP) is 0.857. The summed E-state index contributed by atoms with van der Waals surface area (Å²) in [5.74, 6) is 0. The Morgan fingerprint density at radius 1 is 1.50 bits per heavy atom. The fourth-order valence-corrected chi connectivity index (χ4v) is 2.37. The fourth-order valence-electron chi connectivity index (χ4n) is 1.93. The number of hydrogen-bond donors (Lipinski definition) is 2. The highest BCUT2D eigenvalue weighted by molar-refractivity contribution is 7.09. The molecule has 3 N–H and O–H groups in total. The van der Waals surface area contributed by atoms with E-state index in [1.165, 1.54) is 30.8 Å². The highest BCUT2D eigenvalue weighted by atomic mass is 32.1. The molecule has 1 aliphatic carbocycles. The first-order valence-electron chi connectivity index (χ1n) is 5.73. The van der Waals surface area contributed by atoms with Crippen molar-refractivity contribution in [1.29, 1.82) is 0 Å². The summed E-state index contributed by atoms with van der Waals surface area (Å²) in [6.07, 6.45) is 4.63. The molecule has 16 heavy (non-hydrogen) atoms. The van der Waals surface area contributed by atoms with Crippen molar-refractivity contribution in [3.8, 4) is 0 Å². The van der Waals surface area contributed by atoms with Gasteiger partial charge in [0.25, 0.3) is 0 Å². The first-order chi connectivity index (χ1) is 7.81. The van der Waals surface area contributed by atoms with Gasteiger partial charge in [-0.1, -0.05) is 10.9 Å². The fraction of sp³-hybridized carbons (Fsp3) is 0.800. The molecule has 1 aliphatic rings. The molecule has 1 aromatic heterocycles. The second kappa shape index (κ2) is 5.56. The van der Waals surface area contributed by atoms with E-state index in [-0.39, 0.29) is 6.61 Å². The van der Waals surface area contributed by atoms with E-state index in [1.54, 1.807) is 0 Å². The van der Waals surface area contributed by atoms with E-state index in [1.807, 2.05) is 0 Å². The van der Waals surface area contributed by atoms with E-state index in [0.29, 0.717) is 11.0 Å². The normalized spacial score (nSPS) is 16.6. The third-order valence-corrected chi connectivity index (χ3v) is 3.73. The van der Waals surface area contributed by atoms with Crippen molar-refractivity contribution in [3.63, 3.8) is 0 Å². The molecule has 1 aromatic rings. The van der Waals surface area contributed by atoms with Crippen molar-refractivity contribution in [2.75, 3.05) is 18.9 Å². The third-order valence-electron chi connectivity index (χ3n) is 3.13. The van der Waals surface area contributed by atoms with Gasteiger partial charge >= 0.3 is 0 Å². The van der Waals surface area contributed by atoms with Gasteiger partial charge in [0.15, 0.2) is 0 Å². The van der Waals surface area contributed by atoms with E-state index in [0.717, 1.165) is 25.2 Å². The smallest absolute Gasteiger partial charge is 0.132 e. The zero-order valence-corrected chi connectivity index (χ0v) is 10.1. The van der Waals surface area contributed by atoms with Gasteiger partial charge in [-0.05, 0) is 19.3 Å². The van der Waals surface area contributed by atoms with Gasteiger partial charge < -0.3 is 10.8 Å². The molecule has 0 aliphatic heterocycles. The minimum atomic E-state index is 0.244. The van der Waals surface area contributed by atoms with Crippen LogP contribution in [0.25, 0.3) is 0 Å². The molecule has 5 nitrogen and oxygen atoms in total. The quantitative estimate of drug-likeness (QED) is 0.773. The summed E-state index contributed by atoms with van der Waals surface area (Å²) in [4.78, 5) is 2.37. The van der Waals surface area contributed by atoms with Crippen molar-refractivity contribution < 1.29 is 5.11 Å². The highest BCUT2D eigenvalue weighted by Crippen LogP contribution is 2.27. The lowest BCUT2D eigenvalue weighted by Crippen LogP contribution is -2.40. The number of nitrogens with two attached hydrogens (primary N) is 1. The molecule has 0 spiro atoms. The van der Waals surface area contributed by atoms with Gasteiger partial charge in [-0.3, -0.25) is 4.90 Å². The molecule has 0 atom stereocenters. The number of aromatic nitrogens is 2. The molecule has 1 saturated carbocycles. The number of nitrogen functional groups attached to an aromatic ring is 1. The Kier molecular flexibility index (Phi) is 4.09. The minimum absolute atomic E-state index is 0.244. The molecule has 0 unspecified atom stereocenters. The second-order valence-electron chi connectivity index (χ2n) is 4.22. The first-order valence-corrected chi connectivity index (χ1v) is 6.50. The topological polar surface area (TPSA) is 75.3 Å². The third kappa shape index (κ3) is 2.69. The van der Waals surface area contributed by atoms with Gasteiger partial charge in [-0.2, -0.15) is 0 Å². The van der Waals surface area contributed by atoms with Crippen molar-refractivity contribution in [2.24, 2.45) is 0 Å². The van der Waals surface area contributed by atoms with Gasteiger partial charge in [-0.25, -0.2) is 0 Å². The Morgan fingerprint density at radius 3 is 2.81 bits per heavy atom. The largest absolute Gasteiger partial charge is 0.396 e. The number of aliphatic hydroxyl groups excluding tert-OH is 1. The van der Waals surface area contributed by atoms with E-state index in [9.17, 15) is 0 Å². The second-order valence-corrected chi connectivity index (χ2v) is 5.00. The van der Waals surface area contributed by atoms with Gasteiger partial charge in [0.05, 0.1) is 0 Å². The van der Waals surface area contributed by atoms with Crippen LogP contribution in [0.3, 0.4) is 0 Å². The molecule has 0 aromatic carbocycles. The number of hydrogen-bond acceptors (Lipinski definition) is 6. The molecule has 0 amide bonds. The molecule has 0 radical (unpaired) electrons. The average molecular weight is 242 g/mol. The first kappa shape index (κ1) is 11.8. The van der Waals surface area contributed by atoms with Crippen molar-refractivity contribution in [3.05, 3.63) is 5.69 Å². The lowest BCUT2D eigenvalue weighted by Gasteiger charge is -2.37. The van der Waals surface area contributed by atoms with Crippen LogP contribution in [0, 0.1) is 0 Å². The monoisotopic (exact) mass is 242 g/mol. The number of anilines is 1. The van der Waals surface area contributed by atoms with Gasteiger partial charge in [0.1, 0.15) is 10.7 Å². The highest BCUT2D eigenvalue weighted by Gasteiger charge is 2.25. The molecular weight excluding hydrogens is 224 g/mol. The number of nitrogens with zero attached hydrogens (tertiary/aromatic N) is 3. The summed E-state index contributed by atoms with van der Waals surface area (Å²) < 4.78 is 3.85. The van der Waals surface area contributed by atoms with Crippen LogP contribution in [0.15, 0.2) is 0 Å². The van der Waals surface area contributed by atoms with E-state index >= 15 is 0 Å². The standard InChI is InChI=1S/C10H18N4OS/c11-10-9(12-13-16-10)7-14(5-2-6-15)8-3-1-4-8/h8,15H,1-7,11H2. The minimum Gasteiger partial charge on any atom is -0.396 e. The maximum absolute atomic E-state index is 8.89. The van der Waals surface area contributed by atoms with Crippen LogP contribution in [0.2, 0.25) is 0 Å². The van der Waals surface area contributed by atoms with Crippen LogP contribution in [0.4, 0.5) is 5.00 Å². The molecule has 90 valence electrons. The van der Waals surface area contributed by atoms with Crippen LogP contribution in [0.1, 0.15) is 31.4 Å². The van der Waals surface area contributed by atoms with E-state index in [4.69, 9.17) is 10.8 Å². The molecule has 0 saturated heterocycles. The van der Waals surface area contributed by atoms with Gasteiger partial charge in [0.2, 0.25) is 0 Å². The SMILES string of the molecule is Nc1snnc1CN(CCCO)C1CCC1. The zero-order chi connectivity index (χ0) is 11.4. The summed E-state index contributed by atoms with van der Waals surface area (Å²) in [5, 5.41) is 13.7. The Morgan fingerprint density at radius 2 is 2.31 bits per heavy atom. The lowest BCUT2D eigenvalue weighted by atomic mass is 9.91. The Hall–Kier alpha value is -0.720. The lowest BCUT2D eigenvalue weighted by molar-refractivity contribution is 0.108. The summed E-state index contributed by atoms with van der Waals surface area (Å²) in [5.41, 5.74) is 6.68. The van der Waals surface area contributed by atoms with Crippen LogP contribution in [-0.2, 0) is 6.54 Å². The van der Waals surface area contributed by atoms with Crippen molar-refractivity contribution >= 4 is 16.5 Å². The maximum Gasteiger partial charge on any atom is 0.132 e. The van der Waals surface area contributed by atoms with Crippen LogP contribution in [0.5, 0.6) is 0 Å². The van der Waals surface area contributed by atoms with Gasteiger partial charge in [0, 0.05) is 37.3 Å². The predicted molar refractivity (Wildman–Crippen MR) is 64.1 cm³/mol. The Labute approximate surface area is 99.4 Å². The molecule has 0 bridgehead atoms. The summed E-state index contributed by atoms with van der Waals surface area (Å²) in [6, 6.07) is 0.646. The Bertz CT molecular complexity index is 326. The molecule has 1 fully saturated rings. The summed E-state index contributed by atoms with van der Waals surface area (Å²) >= 11 is 1.25. The average Bonchev–Trinajstić information content (AvgIpc) is 2.58. The van der Waals surface area contributed by atoms with Crippen molar-refractivity contribution in [2.45, 2.75) is 38.3 Å². The maximum atomic E-state index is 8.89. The molecule has 2 rings (SSSR count). The van der Waals surface area contributed by atoms with E-state index < -0.39 is 0 Å². The number of aliphatic hydroxyl groups is 1. The van der Waals surface area contributed by atoms with Crippen LogP contribution < -0.4 is 5.73 Å². The number of rotatable bonds is 6. The van der Waals surface area contributed by atoms with Crippen LogP contribution in [-0.4, -0.2) is 38.8 Å². The zero-order valence-electron chi connectivity index (χ0n) is 9.30. The molecule has 6 heteroatoms. The summed E-state index contributed by atoms with van der Waals surface area (Å²) in [6.45, 7) is 1.93. The molecule has 1 heterocycles. The van der Waals surface area contributed by atoms with Crippen molar-refractivity contribution in [1.82, 2.24) is 14.5 Å². The van der Waals surface area contributed by atoms with Crippen LogP contribution >= 0.6 is 11.5 Å². The Balaban J connectivity index is 1.93. The molecular formula is C10H18N4OS. The summed E-state index contributed by atoms with van der Waals surface area (Å²) in [7, 11) is 0.